The molecule has 0 aromatic carbocycles. The van der Waals surface area contributed by atoms with E-state index < -0.39 is 0 Å². The van der Waals surface area contributed by atoms with Crippen molar-refractivity contribution in [3.63, 3.8) is 0 Å². The summed E-state index contributed by atoms with van der Waals surface area (Å²) in [6.07, 6.45) is 7.44. The van der Waals surface area contributed by atoms with Gasteiger partial charge in [0.05, 0.1) is 0 Å². The summed E-state index contributed by atoms with van der Waals surface area (Å²) in [5, 5.41) is 0. The third-order valence-corrected chi connectivity index (χ3v) is 3.01. The fourth-order valence-electron chi connectivity index (χ4n) is 2.06. The number of hydrogen-bond donors (Lipinski definition) is 1. The van der Waals surface area contributed by atoms with Crippen LogP contribution in [0.3, 0.4) is 0 Å². The molecule has 1 fully saturated rings. The number of carbonyl (C=O) groups is 1. The van der Waals surface area contributed by atoms with E-state index in [0.717, 1.165) is 12.8 Å². The summed E-state index contributed by atoms with van der Waals surface area (Å²) in [4.78, 5) is 11.5. The first-order chi connectivity index (χ1) is 6.22. The Morgan fingerprint density at radius 1 is 1.46 bits per heavy atom. The summed E-state index contributed by atoms with van der Waals surface area (Å²) in [5.74, 6) is 1.05. The molecule has 0 spiro atoms. The minimum atomic E-state index is 0.0916. The van der Waals surface area contributed by atoms with Gasteiger partial charge >= 0.3 is 0 Å². The molecule has 1 saturated carbocycles. The van der Waals surface area contributed by atoms with E-state index in [1.807, 2.05) is 6.92 Å². The molecule has 0 aliphatic heterocycles. The summed E-state index contributed by atoms with van der Waals surface area (Å²) < 4.78 is 0. The molecule has 2 nitrogen and oxygen atoms in total. The summed E-state index contributed by atoms with van der Waals surface area (Å²) in [5.41, 5.74) is 5.73. The van der Waals surface area contributed by atoms with E-state index in [1.54, 1.807) is 0 Å². The maximum atomic E-state index is 11.5. The fraction of sp³-hybridized carbons (Fsp3) is 0.909. The molecule has 1 unspecified atom stereocenters. The monoisotopic (exact) mass is 183 g/mol. The largest absolute Gasteiger partial charge is 0.327 e. The van der Waals surface area contributed by atoms with Crippen LogP contribution in [0.15, 0.2) is 0 Å². The van der Waals surface area contributed by atoms with Gasteiger partial charge in [0.2, 0.25) is 0 Å². The SMILES string of the molecule is CCC(N)CC(=O)CC1CCCC1. The second kappa shape index (κ2) is 5.38. The van der Waals surface area contributed by atoms with Crippen LogP contribution in [-0.4, -0.2) is 11.8 Å². The van der Waals surface area contributed by atoms with Gasteiger partial charge in [-0.3, -0.25) is 4.79 Å². The normalized spacial score (nSPS) is 20.5. The van der Waals surface area contributed by atoms with Crippen LogP contribution in [0.4, 0.5) is 0 Å². The fourth-order valence-corrected chi connectivity index (χ4v) is 2.06. The van der Waals surface area contributed by atoms with Crippen LogP contribution in [0.1, 0.15) is 51.9 Å². The molecular formula is C11H21NO. The van der Waals surface area contributed by atoms with E-state index in [2.05, 4.69) is 0 Å². The van der Waals surface area contributed by atoms with Gasteiger partial charge in [-0.25, -0.2) is 0 Å². The van der Waals surface area contributed by atoms with E-state index in [9.17, 15) is 4.79 Å². The highest BCUT2D eigenvalue weighted by Gasteiger charge is 2.19. The highest BCUT2D eigenvalue weighted by molar-refractivity contribution is 5.79. The molecule has 1 aliphatic carbocycles. The summed E-state index contributed by atoms with van der Waals surface area (Å²) >= 11 is 0. The molecule has 1 atom stereocenters. The van der Waals surface area contributed by atoms with Crippen molar-refractivity contribution in [3.05, 3.63) is 0 Å². The standard InChI is InChI=1S/C11H21NO/c1-2-10(12)8-11(13)7-9-5-3-4-6-9/h9-10H,2-8,12H2,1H3. The number of nitrogens with two attached hydrogens (primary N) is 1. The van der Waals surface area contributed by atoms with Crippen molar-refractivity contribution in [1.29, 1.82) is 0 Å². The molecule has 0 bridgehead atoms. The smallest absolute Gasteiger partial charge is 0.134 e. The zero-order chi connectivity index (χ0) is 9.68. The van der Waals surface area contributed by atoms with Gasteiger partial charge in [0, 0.05) is 18.9 Å². The molecule has 1 aliphatic rings. The Bertz CT molecular complexity index is 161. The number of Topliss-reactive ketones (excluding diaryl/α,β-unsaturated/α-hetero) is 1. The maximum absolute atomic E-state index is 11.5. The number of ketones is 1. The van der Waals surface area contributed by atoms with E-state index in [0.29, 0.717) is 18.1 Å². The van der Waals surface area contributed by atoms with Gasteiger partial charge in [-0.05, 0) is 12.3 Å². The zero-order valence-electron chi connectivity index (χ0n) is 8.59. The van der Waals surface area contributed by atoms with Crippen molar-refractivity contribution in [2.75, 3.05) is 0 Å². The molecule has 76 valence electrons. The van der Waals surface area contributed by atoms with Crippen LogP contribution in [0.2, 0.25) is 0 Å². The Labute approximate surface area is 80.9 Å². The van der Waals surface area contributed by atoms with Crippen LogP contribution in [-0.2, 0) is 4.79 Å². The third kappa shape index (κ3) is 3.90. The van der Waals surface area contributed by atoms with Gasteiger partial charge in [-0.1, -0.05) is 32.6 Å². The first kappa shape index (κ1) is 10.7. The highest BCUT2D eigenvalue weighted by Crippen LogP contribution is 2.28. The zero-order valence-corrected chi connectivity index (χ0v) is 8.59. The van der Waals surface area contributed by atoms with Crippen molar-refractivity contribution in [2.45, 2.75) is 57.9 Å². The molecule has 0 aromatic heterocycles. The predicted molar refractivity (Wildman–Crippen MR) is 54.5 cm³/mol. The van der Waals surface area contributed by atoms with Gasteiger partial charge in [0.15, 0.2) is 0 Å². The number of rotatable bonds is 5. The minimum Gasteiger partial charge on any atom is -0.327 e. The van der Waals surface area contributed by atoms with E-state index in [4.69, 9.17) is 5.73 Å². The molecule has 0 amide bonds. The van der Waals surface area contributed by atoms with Crippen molar-refractivity contribution >= 4 is 5.78 Å². The van der Waals surface area contributed by atoms with Crippen molar-refractivity contribution in [3.8, 4) is 0 Å². The van der Waals surface area contributed by atoms with Crippen LogP contribution < -0.4 is 5.73 Å². The van der Waals surface area contributed by atoms with Crippen LogP contribution in [0, 0.1) is 5.92 Å². The molecule has 1 rings (SSSR count). The second-order valence-electron chi connectivity index (χ2n) is 4.27. The van der Waals surface area contributed by atoms with Gasteiger partial charge < -0.3 is 5.73 Å². The van der Waals surface area contributed by atoms with Gasteiger partial charge in [0.1, 0.15) is 5.78 Å². The van der Waals surface area contributed by atoms with Crippen LogP contribution in [0.5, 0.6) is 0 Å². The predicted octanol–water partition coefficient (Wildman–Crippen LogP) is 2.26. The second-order valence-corrected chi connectivity index (χ2v) is 4.27. The molecule has 0 radical (unpaired) electrons. The summed E-state index contributed by atoms with van der Waals surface area (Å²) in [7, 11) is 0. The van der Waals surface area contributed by atoms with E-state index >= 15 is 0 Å². The quantitative estimate of drug-likeness (QED) is 0.710. The van der Waals surface area contributed by atoms with Crippen molar-refractivity contribution in [2.24, 2.45) is 11.7 Å². The molecule has 0 heterocycles. The average molecular weight is 183 g/mol. The van der Waals surface area contributed by atoms with Crippen LogP contribution in [0.25, 0.3) is 0 Å². The number of hydrogen-bond acceptors (Lipinski definition) is 2. The third-order valence-electron chi connectivity index (χ3n) is 3.01. The van der Waals surface area contributed by atoms with Gasteiger partial charge in [0.25, 0.3) is 0 Å². The topological polar surface area (TPSA) is 43.1 Å². The molecule has 2 N–H and O–H groups in total. The van der Waals surface area contributed by atoms with E-state index in [-0.39, 0.29) is 6.04 Å². The lowest BCUT2D eigenvalue weighted by Gasteiger charge is -2.10. The maximum Gasteiger partial charge on any atom is 0.134 e. The highest BCUT2D eigenvalue weighted by atomic mass is 16.1. The molecule has 0 saturated heterocycles. The average Bonchev–Trinajstić information content (AvgIpc) is 2.56. The van der Waals surface area contributed by atoms with Crippen molar-refractivity contribution in [1.82, 2.24) is 0 Å². The Hall–Kier alpha value is -0.370. The molecule has 13 heavy (non-hydrogen) atoms. The summed E-state index contributed by atoms with van der Waals surface area (Å²) in [6, 6.07) is 0.0916. The summed E-state index contributed by atoms with van der Waals surface area (Å²) in [6.45, 7) is 2.04. The van der Waals surface area contributed by atoms with Crippen LogP contribution >= 0.6 is 0 Å². The van der Waals surface area contributed by atoms with Gasteiger partial charge in [-0.15, -0.1) is 0 Å². The van der Waals surface area contributed by atoms with Crippen molar-refractivity contribution < 1.29 is 4.79 Å². The Morgan fingerprint density at radius 3 is 2.62 bits per heavy atom. The molecule has 0 aromatic rings. The van der Waals surface area contributed by atoms with E-state index in [1.165, 1.54) is 25.7 Å². The first-order valence-electron chi connectivity index (χ1n) is 5.49. The number of carbonyl (C=O) groups excluding carboxylic acids is 1. The first-order valence-corrected chi connectivity index (χ1v) is 5.49. The Morgan fingerprint density at radius 2 is 2.08 bits per heavy atom. The molecule has 2 heteroatoms. The lowest BCUT2D eigenvalue weighted by atomic mass is 9.97. The minimum absolute atomic E-state index is 0.0916. The van der Waals surface area contributed by atoms with Gasteiger partial charge in [-0.2, -0.15) is 0 Å². The lowest BCUT2D eigenvalue weighted by Crippen LogP contribution is -2.23. The lowest BCUT2D eigenvalue weighted by molar-refractivity contribution is -0.120. The Kier molecular flexibility index (Phi) is 4.43. The molecular weight excluding hydrogens is 162 g/mol. The Balaban J connectivity index is 2.16.